The zero-order valence-corrected chi connectivity index (χ0v) is 26.0. The van der Waals surface area contributed by atoms with Crippen LogP contribution in [0.4, 0.5) is 13.6 Å². The Hall–Kier alpha value is -2.59. The number of nitrogens with zero attached hydrogens (tertiary/aromatic N) is 1. The lowest BCUT2D eigenvalue weighted by molar-refractivity contribution is -0.144. The van der Waals surface area contributed by atoms with E-state index in [1.165, 1.54) is 0 Å². The van der Waals surface area contributed by atoms with Crippen molar-refractivity contribution in [2.75, 3.05) is 6.54 Å². The molecule has 4 amide bonds. The number of hydrogen-bond acceptors (Lipinski definition) is 5. The first kappa shape index (κ1) is 31.8. The minimum absolute atomic E-state index is 0.0592. The van der Waals surface area contributed by atoms with Crippen LogP contribution in [-0.2, 0) is 19.2 Å². The van der Waals surface area contributed by atoms with E-state index in [2.05, 4.69) is 16.0 Å². The van der Waals surface area contributed by atoms with Crippen molar-refractivity contribution in [1.29, 1.82) is 0 Å². The molecule has 11 heteroatoms. The zero-order chi connectivity index (χ0) is 31.3. The number of ketones is 2. The molecule has 0 spiro atoms. The van der Waals surface area contributed by atoms with Crippen LogP contribution in [0.25, 0.3) is 0 Å². The van der Waals surface area contributed by atoms with Crippen LogP contribution in [0.15, 0.2) is 0 Å². The predicted molar refractivity (Wildman–Crippen MR) is 155 cm³/mol. The summed E-state index contributed by atoms with van der Waals surface area (Å²) < 4.78 is 27.5. The van der Waals surface area contributed by atoms with Gasteiger partial charge in [0.2, 0.25) is 17.6 Å². The van der Waals surface area contributed by atoms with Gasteiger partial charge in [-0.25, -0.2) is 13.6 Å². The fourth-order valence-electron chi connectivity index (χ4n) is 8.29. The predicted octanol–water partition coefficient (Wildman–Crippen LogP) is 4.13. The van der Waals surface area contributed by atoms with Gasteiger partial charge in [-0.3, -0.25) is 19.2 Å². The highest BCUT2D eigenvalue weighted by atomic mass is 19.3. The van der Waals surface area contributed by atoms with Crippen LogP contribution in [0.2, 0.25) is 0 Å². The van der Waals surface area contributed by atoms with Crippen LogP contribution in [0.5, 0.6) is 0 Å². The van der Waals surface area contributed by atoms with Crippen LogP contribution >= 0.6 is 0 Å². The van der Waals surface area contributed by atoms with Gasteiger partial charge in [0, 0.05) is 31.3 Å². The highest BCUT2D eigenvalue weighted by Crippen LogP contribution is 2.65. The van der Waals surface area contributed by atoms with E-state index >= 15 is 0 Å². The van der Waals surface area contributed by atoms with E-state index < -0.39 is 47.4 Å². The molecular formula is C32H48F2N4O5. The van der Waals surface area contributed by atoms with Crippen LogP contribution in [0.3, 0.4) is 0 Å². The van der Waals surface area contributed by atoms with Crippen molar-refractivity contribution in [2.24, 2.45) is 29.1 Å². The lowest BCUT2D eigenvalue weighted by Gasteiger charge is -2.39. The van der Waals surface area contributed by atoms with Gasteiger partial charge in [0.05, 0.1) is 6.04 Å². The Morgan fingerprint density at radius 3 is 2.09 bits per heavy atom. The number of fused-ring (bicyclic) bond motifs is 1. The number of rotatable bonds is 10. The molecule has 5 aliphatic rings. The van der Waals surface area contributed by atoms with Crippen molar-refractivity contribution in [2.45, 2.75) is 134 Å². The van der Waals surface area contributed by atoms with Crippen LogP contribution in [-0.4, -0.2) is 70.4 Å². The van der Waals surface area contributed by atoms with Gasteiger partial charge < -0.3 is 20.9 Å². The number of amides is 4. The number of nitrogens with one attached hydrogen (secondary N) is 3. The molecule has 5 fully saturated rings. The largest absolute Gasteiger partial charge is 0.344 e. The van der Waals surface area contributed by atoms with Crippen molar-refractivity contribution >= 4 is 29.4 Å². The second kappa shape index (κ2) is 11.7. The third-order valence-corrected chi connectivity index (χ3v) is 11.3. The number of carbonyl (C=O) groups excluding carboxylic acids is 5. The van der Waals surface area contributed by atoms with E-state index in [0.29, 0.717) is 6.54 Å². The maximum absolute atomic E-state index is 14.3. The Bertz CT molecular complexity index is 1150. The number of piperidine rings is 1. The first-order chi connectivity index (χ1) is 20.1. The Morgan fingerprint density at radius 1 is 0.907 bits per heavy atom. The third kappa shape index (κ3) is 6.60. The minimum atomic E-state index is -2.91. The van der Waals surface area contributed by atoms with Crippen molar-refractivity contribution in [1.82, 2.24) is 20.9 Å². The van der Waals surface area contributed by atoms with Crippen molar-refractivity contribution in [3.8, 4) is 0 Å². The van der Waals surface area contributed by atoms with Gasteiger partial charge in [-0.2, -0.15) is 0 Å². The summed E-state index contributed by atoms with van der Waals surface area (Å²) in [7, 11) is 0. The van der Waals surface area contributed by atoms with Crippen molar-refractivity contribution in [3.05, 3.63) is 0 Å². The Labute approximate surface area is 253 Å². The first-order valence-electron chi connectivity index (χ1n) is 16.3. The summed E-state index contributed by atoms with van der Waals surface area (Å²) in [5, 5.41) is 8.74. The number of alkyl halides is 2. The molecule has 0 aromatic heterocycles. The van der Waals surface area contributed by atoms with Crippen molar-refractivity contribution < 1.29 is 32.8 Å². The molecule has 1 saturated heterocycles. The Morgan fingerprint density at radius 2 is 1.51 bits per heavy atom. The summed E-state index contributed by atoms with van der Waals surface area (Å²) in [4.78, 5) is 67.7. The van der Waals surface area contributed by atoms with Gasteiger partial charge in [0.25, 0.3) is 5.92 Å². The SMILES string of the molecule is CC(=O)C(=O)C(CC1CC1(F)F)NC(=O)[C@@H]1[C@@H]2[C@H](CN1C(=O)[C@@H](NC(=O)NC1(C)CCCCC1)C1CCCCC1)C2(C)C. The standard InChI is InChI=1S/C32H48F2N4O5/c1-18(39)26(40)22(15-20-16-32(20,33)34)35-27(41)25-23-21(30(23,2)3)17-38(25)28(42)24(19-11-7-5-8-12-19)36-29(43)37-31(4)13-9-6-10-14-31/h19-25H,5-17H2,1-4H3,(H,35,41)(H2,36,37,43)/t20?,21-,22?,23-,24-,25-/m0/s1. The molecule has 5 rings (SSSR count). The third-order valence-electron chi connectivity index (χ3n) is 11.3. The summed E-state index contributed by atoms with van der Waals surface area (Å²) in [5.41, 5.74) is -0.552. The summed E-state index contributed by atoms with van der Waals surface area (Å²) >= 11 is 0. The average molecular weight is 607 g/mol. The molecule has 0 radical (unpaired) electrons. The Balaban J connectivity index is 1.35. The number of halogens is 2. The van der Waals surface area contributed by atoms with E-state index in [1.807, 2.05) is 20.8 Å². The van der Waals surface area contributed by atoms with E-state index in [9.17, 15) is 32.8 Å². The van der Waals surface area contributed by atoms with Crippen LogP contribution in [0, 0.1) is 29.1 Å². The highest BCUT2D eigenvalue weighted by Gasteiger charge is 2.70. The normalized spacial score (nSPS) is 31.6. The summed E-state index contributed by atoms with van der Waals surface area (Å²) in [6, 6.07) is -3.46. The molecule has 4 saturated carbocycles. The van der Waals surface area contributed by atoms with E-state index in [1.54, 1.807) is 4.90 Å². The molecule has 6 atom stereocenters. The molecule has 1 aliphatic heterocycles. The lowest BCUT2D eigenvalue weighted by Crippen LogP contribution is -2.61. The minimum Gasteiger partial charge on any atom is -0.344 e. The Kier molecular flexibility index (Phi) is 8.68. The number of likely N-dealkylation sites (tertiary alicyclic amines) is 1. The van der Waals surface area contributed by atoms with Gasteiger partial charge in [0.1, 0.15) is 12.1 Å². The fourth-order valence-corrected chi connectivity index (χ4v) is 8.29. The van der Waals surface area contributed by atoms with Gasteiger partial charge in [-0.15, -0.1) is 0 Å². The molecule has 0 aromatic rings. The smallest absolute Gasteiger partial charge is 0.315 e. The summed E-state index contributed by atoms with van der Waals surface area (Å²) in [6.45, 7) is 7.50. The van der Waals surface area contributed by atoms with E-state index in [0.717, 1.165) is 71.1 Å². The molecule has 1 heterocycles. The van der Waals surface area contributed by atoms with Crippen LogP contribution in [0.1, 0.15) is 105 Å². The van der Waals surface area contributed by atoms with E-state index in [4.69, 9.17) is 0 Å². The average Bonchev–Trinajstić information content (AvgIpc) is 3.60. The van der Waals surface area contributed by atoms with Crippen LogP contribution < -0.4 is 16.0 Å². The lowest BCUT2D eigenvalue weighted by atomic mass is 9.82. The summed E-state index contributed by atoms with van der Waals surface area (Å²) in [5.74, 6) is -6.80. The second-order valence-electron chi connectivity index (χ2n) is 14.9. The number of carbonyl (C=O) groups is 5. The topological polar surface area (TPSA) is 125 Å². The van der Waals surface area contributed by atoms with Gasteiger partial charge >= 0.3 is 6.03 Å². The number of urea groups is 1. The summed E-state index contributed by atoms with van der Waals surface area (Å²) in [6.07, 6.45) is 8.84. The molecule has 240 valence electrons. The molecule has 0 bridgehead atoms. The fraction of sp³-hybridized carbons (Fsp3) is 0.844. The molecule has 4 aliphatic carbocycles. The zero-order valence-electron chi connectivity index (χ0n) is 26.0. The highest BCUT2D eigenvalue weighted by molar-refractivity contribution is 6.38. The maximum Gasteiger partial charge on any atom is 0.315 e. The molecule has 43 heavy (non-hydrogen) atoms. The second-order valence-corrected chi connectivity index (χ2v) is 14.9. The number of Topliss-reactive ketones (excluding diaryl/α,β-unsaturated/α-hetero) is 2. The molecular weight excluding hydrogens is 558 g/mol. The molecule has 9 nitrogen and oxygen atoms in total. The van der Waals surface area contributed by atoms with E-state index in [-0.39, 0.29) is 53.5 Å². The molecule has 0 aromatic carbocycles. The number of hydrogen-bond donors (Lipinski definition) is 3. The first-order valence-corrected chi connectivity index (χ1v) is 16.3. The monoisotopic (exact) mass is 606 g/mol. The van der Waals surface area contributed by atoms with Crippen molar-refractivity contribution in [3.63, 3.8) is 0 Å². The molecule has 2 unspecified atom stereocenters. The van der Waals surface area contributed by atoms with Gasteiger partial charge in [-0.1, -0.05) is 52.4 Å². The quantitative estimate of drug-likeness (QED) is 0.323. The van der Waals surface area contributed by atoms with Gasteiger partial charge in [-0.05, 0) is 62.2 Å². The van der Waals surface area contributed by atoms with Gasteiger partial charge in [0.15, 0.2) is 5.78 Å². The molecule has 3 N–H and O–H groups in total. The maximum atomic E-state index is 14.3.